The van der Waals surface area contributed by atoms with Crippen LogP contribution in [0.4, 0.5) is 4.79 Å². The first kappa shape index (κ1) is 16.1. The van der Waals surface area contributed by atoms with Gasteiger partial charge in [0.1, 0.15) is 5.60 Å². The zero-order valence-corrected chi connectivity index (χ0v) is 13.3. The Bertz CT molecular complexity index is 709. The fourth-order valence-corrected chi connectivity index (χ4v) is 2.29. The highest BCUT2D eigenvalue weighted by atomic mass is 16.6. The third-order valence-electron chi connectivity index (χ3n) is 3.33. The number of fused-ring (bicyclic) bond motifs is 1. The third kappa shape index (κ3) is 3.47. The van der Waals surface area contributed by atoms with Gasteiger partial charge in [-0.05, 0) is 38.8 Å². The van der Waals surface area contributed by atoms with E-state index in [0.717, 1.165) is 16.5 Å². The molecule has 0 aliphatic rings. The number of carboxylic acid groups (broad SMARTS) is 1. The average molecular weight is 303 g/mol. The molecule has 0 unspecified atom stereocenters. The van der Waals surface area contributed by atoms with Crippen molar-refractivity contribution in [2.75, 3.05) is 0 Å². The second-order valence-electron chi connectivity index (χ2n) is 6.47. The van der Waals surface area contributed by atoms with Crippen LogP contribution in [0.2, 0.25) is 0 Å². The number of aliphatic carboxylic acids is 1. The quantitative estimate of drug-likeness (QED) is 0.939. The lowest BCUT2D eigenvalue weighted by molar-refractivity contribution is -0.141. The second-order valence-corrected chi connectivity index (χ2v) is 6.47. The van der Waals surface area contributed by atoms with E-state index in [1.165, 1.54) is 4.57 Å². The smallest absolute Gasteiger partial charge is 0.419 e. The van der Waals surface area contributed by atoms with Crippen molar-refractivity contribution in [3.63, 3.8) is 0 Å². The molecule has 0 fully saturated rings. The molecule has 0 aliphatic carbocycles. The lowest BCUT2D eigenvalue weighted by atomic mass is 10.0. The predicted molar refractivity (Wildman–Crippen MR) is 84.1 cm³/mol. The Hall–Kier alpha value is -2.30. The van der Waals surface area contributed by atoms with Crippen LogP contribution in [0, 0.1) is 5.92 Å². The summed E-state index contributed by atoms with van der Waals surface area (Å²) in [6, 6.07) is 7.43. The van der Waals surface area contributed by atoms with Crippen LogP contribution in [0.5, 0.6) is 0 Å². The van der Waals surface area contributed by atoms with Gasteiger partial charge in [0.25, 0.3) is 0 Å². The number of nitrogens with zero attached hydrogens (tertiary/aromatic N) is 1. The monoisotopic (exact) mass is 303 g/mol. The summed E-state index contributed by atoms with van der Waals surface area (Å²) in [7, 11) is 0. The Morgan fingerprint density at radius 2 is 1.91 bits per heavy atom. The summed E-state index contributed by atoms with van der Waals surface area (Å²) in [6.07, 6.45) is 1.59. The first-order valence-electron chi connectivity index (χ1n) is 7.24. The van der Waals surface area contributed by atoms with E-state index in [9.17, 15) is 9.59 Å². The lowest BCUT2D eigenvalue weighted by Crippen LogP contribution is -2.26. The molecule has 0 radical (unpaired) electrons. The Morgan fingerprint density at radius 3 is 2.50 bits per heavy atom. The van der Waals surface area contributed by atoms with Gasteiger partial charge in [-0.25, -0.2) is 4.79 Å². The molecule has 5 nitrogen and oxygen atoms in total. The van der Waals surface area contributed by atoms with Crippen LogP contribution in [0.1, 0.15) is 33.3 Å². The number of carbonyl (C=O) groups excluding carboxylic acids is 1. The Labute approximate surface area is 129 Å². The number of hydrogen-bond donors (Lipinski definition) is 1. The van der Waals surface area contributed by atoms with Crippen LogP contribution < -0.4 is 0 Å². The maximum atomic E-state index is 12.3. The van der Waals surface area contributed by atoms with E-state index in [1.54, 1.807) is 13.1 Å². The van der Waals surface area contributed by atoms with E-state index >= 15 is 0 Å². The van der Waals surface area contributed by atoms with Crippen LogP contribution in [0.25, 0.3) is 10.9 Å². The van der Waals surface area contributed by atoms with E-state index in [-0.39, 0.29) is 0 Å². The zero-order valence-electron chi connectivity index (χ0n) is 13.3. The SMILES string of the molecule is C[C@H](Cc1cn(C(=O)OC(C)(C)C)c2ccccc12)C(=O)O. The third-order valence-corrected chi connectivity index (χ3v) is 3.33. The molecule has 1 aromatic carbocycles. The lowest BCUT2D eigenvalue weighted by Gasteiger charge is -2.19. The molecule has 0 saturated heterocycles. The molecular weight excluding hydrogens is 282 g/mol. The summed E-state index contributed by atoms with van der Waals surface area (Å²) >= 11 is 0. The van der Waals surface area contributed by atoms with Gasteiger partial charge >= 0.3 is 12.1 Å². The molecule has 1 heterocycles. The van der Waals surface area contributed by atoms with Gasteiger partial charge in [0.15, 0.2) is 0 Å². The van der Waals surface area contributed by atoms with Crippen LogP contribution in [0.15, 0.2) is 30.5 Å². The van der Waals surface area contributed by atoms with Crippen LogP contribution >= 0.6 is 0 Å². The molecular formula is C17H21NO4. The van der Waals surface area contributed by atoms with Gasteiger partial charge < -0.3 is 9.84 Å². The van der Waals surface area contributed by atoms with Crippen molar-refractivity contribution in [3.05, 3.63) is 36.0 Å². The van der Waals surface area contributed by atoms with E-state index in [4.69, 9.17) is 9.84 Å². The van der Waals surface area contributed by atoms with E-state index < -0.39 is 23.6 Å². The topological polar surface area (TPSA) is 68.5 Å². The largest absolute Gasteiger partial charge is 0.481 e. The molecule has 0 spiro atoms. The van der Waals surface area contributed by atoms with Gasteiger partial charge in [-0.2, -0.15) is 0 Å². The van der Waals surface area contributed by atoms with Crippen molar-refractivity contribution in [1.82, 2.24) is 4.57 Å². The maximum absolute atomic E-state index is 12.3. The second kappa shape index (κ2) is 5.83. The van der Waals surface area contributed by atoms with E-state index in [1.807, 2.05) is 45.0 Å². The molecule has 2 aromatic rings. The van der Waals surface area contributed by atoms with Crippen LogP contribution in [-0.2, 0) is 16.0 Å². The van der Waals surface area contributed by atoms with Crippen molar-refractivity contribution >= 4 is 23.0 Å². The van der Waals surface area contributed by atoms with Crippen molar-refractivity contribution < 1.29 is 19.4 Å². The van der Waals surface area contributed by atoms with Crippen molar-refractivity contribution in [2.24, 2.45) is 5.92 Å². The molecule has 0 saturated carbocycles. The standard InChI is InChI=1S/C17H21NO4/c1-11(15(19)20)9-12-10-18(16(21)22-17(2,3)4)14-8-6-5-7-13(12)14/h5-8,10-11H,9H2,1-4H3,(H,19,20)/t11-/m1/s1. The highest BCUT2D eigenvalue weighted by molar-refractivity contribution is 5.92. The summed E-state index contributed by atoms with van der Waals surface area (Å²) in [6.45, 7) is 7.08. The van der Waals surface area contributed by atoms with Gasteiger partial charge in [0.2, 0.25) is 0 Å². The zero-order chi connectivity index (χ0) is 16.5. The minimum Gasteiger partial charge on any atom is -0.481 e. The van der Waals surface area contributed by atoms with Gasteiger partial charge in [-0.1, -0.05) is 25.1 Å². The molecule has 0 aliphatic heterocycles. The summed E-state index contributed by atoms with van der Waals surface area (Å²) in [5.74, 6) is -1.37. The minimum atomic E-state index is -0.853. The van der Waals surface area contributed by atoms with Gasteiger partial charge in [0, 0.05) is 11.6 Å². The number of aromatic nitrogens is 1. The minimum absolute atomic E-state index is 0.367. The number of hydrogen-bond acceptors (Lipinski definition) is 3. The Kier molecular flexibility index (Phi) is 4.26. The molecule has 0 amide bonds. The fourth-order valence-electron chi connectivity index (χ4n) is 2.29. The molecule has 22 heavy (non-hydrogen) atoms. The number of carbonyl (C=O) groups is 2. The number of ether oxygens (including phenoxy) is 1. The molecule has 1 aromatic heterocycles. The maximum Gasteiger partial charge on any atom is 0.419 e. The Balaban J connectivity index is 2.44. The fraction of sp³-hybridized carbons (Fsp3) is 0.412. The Morgan fingerprint density at radius 1 is 1.27 bits per heavy atom. The van der Waals surface area contributed by atoms with Crippen molar-refractivity contribution in [3.8, 4) is 0 Å². The first-order chi connectivity index (χ1) is 10.2. The van der Waals surface area contributed by atoms with Crippen molar-refractivity contribution in [1.29, 1.82) is 0 Å². The number of para-hydroxylation sites is 1. The number of benzene rings is 1. The average Bonchev–Trinajstić information content (AvgIpc) is 2.76. The van der Waals surface area contributed by atoms with Gasteiger partial charge in [0.05, 0.1) is 11.4 Å². The summed E-state index contributed by atoms with van der Waals surface area (Å²) < 4.78 is 6.85. The van der Waals surface area contributed by atoms with E-state index in [2.05, 4.69) is 0 Å². The highest BCUT2D eigenvalue weighted by Gasteiger charge is 2.22. The normalized spacial score (nSPS) is 13.1. The molecule has 0 bridgehead atoms. The first-order valence-corrected chi connectivity index (χ1v) is 7.24. The molecule has 5 heteroatoms. The number of carboxylic acids is 1. The van der Waals surface area contributed by atoms with Gasteiger partial charge in [-0.3, -0.25) is 9.36 Å². The predicted octanol–water partition coefficient (Wildman–Crippen LogP) is 3.69. The highest BCUT2D eigenvalue weighted by Crippen LogP contribution is 2.25. The number of rotatable bonds is 3. The van der Waals surface area contributed by atoms with Crippen LogP contribution in [0.3, 0.4) is 0 Å². The molecule has 1 atom stereocenters. The summed E-state index contributed by atoms with van der Waals surface area (Å²) in [5.41, 5.74) is 0.970. The van der Waals surface area contributed by atoms with E-state index in [0.29, 0.717) is 6.42 Å². The van der Waals surface area contributed by atoms with Crippen molar-refractivity contribution in [2.45, 2.75) is 39.7 Å². The molecule has 2 rings (SSSR count). The molecule has 1 N–H and O–H groups in total. The molecule has 118 valence electrons. The summed E-state index contributed by atoms with van der Waals surface area (Å²) in [5, 5.41) is 9.96. The van der Waals surface area contributed by atoms with Gasteiger partial charge in [-0.15, -0.1) is 0 Å². The summed E-state index contributed by atoms with van der Waals surface area (Å²) in [4.78, 5) is 23.4. The van der Waals surface area contributed by atoms with Crippen LogP contribution in [-0.4, -0.2) is 27.3 Å².